The smallest absolute Gasteiger partial charge is 0.0885 e. The number of pyridine rings is 2. The van der Waals surface area contributed by atoms with Gasteiger partial charge in [-0.25, -0.2) is 0 Å². The standard InChI is InChI=1S/C11H12N2/c1-3-10-5-9-4-8(2)6-13-11(9)7-12-10/h4-7H,3H2,1-2H3. The lowest BCUT2D eigenvalue weighted by atomic mass is 10.2. The highest BCUT2D eigenvalue weighted by Crippen LogP contribution is 2.13. The summed E-state index contributed by atoms with van der Waals surface area (Å²) in [6.07, 6.45) is 4.69. The van der Waals surface area contributed by atoms with E-state index in [9.17, 15) is 0 Å². The number of hydrogen-bond donors (Lipinski definition) is 0. The van der Waals surface area contributed by atoms with Crippen molar-refractivity contribution in [3.05, 3.63) is 35.8 Å². The first-order valence-corrected chi connectivity index (χ1v) is 4.51. The average molecular weight is 172 g/mol. The minimum Gasteiger partial charge on any atom is -0.259 e. The van der Waals surface area contributed by atoms with Gasteiger partial charge in [0.05, 0.1) is 11.7 Å². The van der Waals surface area contributed by atoms with Crippen LogP contribution in [-0.2, 0) is 6.42 Å². The van der Waals surface area contributed by atoms with Crippen molar-refractivity contribution in [3.63, 3.8) is 0 Å². The van der Waals surface area contributed by atoms with Gasteiger partial charge in [0.15, 0.2) is 0 Å². The second-order valence-electron chi connectivity index (χ2n) is 3.23. The number of aryl methyl sites for hydroxylation is 2. The molecule has 2 aromatic rings. The lowest BCUT2D eigenvalue weighted by Crippen LogP contribution is -1.88. The summed E-state index contributed by atoms with van der Waals surface area (Å²) in [6.45, 7) is 4.16. The fraction of sp³-hybridized carbons (Fsp3) is 0.273. The molecule has 0 radical (unpaired) electrons. The Labute approximate surface area is 77.6 Å². The molecule has 66 valence electrons. The monoisotopic (exact) mass is 172 g/mol. The summed E-state index contributed by atoms with van der Waals surface area (Å²) in [5, 5.41) is 1.19. The average Bonchev–Trinajstić information content (AvgIpc) is 2.16. The molecule has 0 spiro atoms. The molecule has 0 atom stereocenters. The first kappa shape index (κ1) is 8.17. The number of hydrogen-bond acceptors (Lipinski definition) is 2. The van der Waals surface area contributed by atoms with Crippen LogP contribution in [0.2, 0.25) is 0 Å². The lowest BCUT2D eigenvalue weighted by molar-refractivity contribution is 1.04. The highest BCUT2D eigenvalue weighted by atomic mass is 14.7. The molecule has 2 aromatic heterocycles. The maximum atomic E-state index is 4.29. The van der Waals surface area contributed by atoms with Crippen molar-refractivity contribution < 1.29 is 0 Å². The van der Waals surface area contributed by atoms with Crippen molar-refractivity contribution in [1.29, 1.82) is 0 Å². The van der Waals surface area contributed by atoms with Crippen LogP contribution in [0.4, 0.5) is 0 Å². The predicted molar refractivity (Wildman–Crippen MR) is 53.7 cm³/mol. The molecule has 0 aliphatic rings. The third kappa shape index (κ3) is 1.52. The van der Waals surface area contributed by atoms with Gasteiger partial charge in [-0.15, -0.1) is 0 Å². The summed E-state index contributed by atoms with van der Waals surface area (Å²) in [6, 6.07) is 4.25. The molecule has 2 rings (SSSR count). The maximum absolute atomic E-state index is 4.29. The van der Waals surface area contributed by atoms with Gasteiger partial charge in [0.1, 0.15) is 0 Å². The van der Waals surface area contributed by atoms with Gasteiger partial charge in [0, 0.05) is 17.3 Å². The van der Waals surface area contributed by atoms with Gasteiger partial charge < -0.3 is 0 Å². The van der Waals surface area contributed by atoms with Gasteiger partial charge in [-0.3, -0.25) is 9.97 Å². The van der Waals surface area contributed by atoms with Gasteiger partial charge in [-0.2, -0.15) is 0 Å². The Bertz CT molecular complexity index is 435. The van der Waals surface area contributed by atoms with E-state index in [0.717, 1.165) is 17.6 Å². The van der Waals surface area contributed by atoms with Crippen LogP contribution in [0.3, 0.4) is 0 Å². The van der Waals surface area contributed by atoms with E-state index in [4.69, 9.17) is 0 Å². The quantitative estimate of drug-likeness (QED) is 0.660. The fourth-order valence-corrected chi connectivity index (χ4v) is 1.38. The second-order valence-corrected chi connectivity index (χ2v) is 3.23. The number of rotatable bonds is 1. The Balaban J connectivity index is 2.68. The molecule has 0 saturated carbocycles. The first-order valence-electron chi connectivity index (χ1n) is 4.51. The van der Waals surface area contributed by atoms with Gasteiger partial charge in [-0.05, 0) is 31.0 Å². The van der Waals surface area contributed by atoms with Crippen LogP contribution in [0.15, 0.2) is 24.5 Å². The second kappa shape index (κ2) is 3.13. The van der Waals surface area contributed by atoms with E-state index in [1.807, 2.05) is 12.4 Å². The third-order valence-electron chi connectivity index (χ3n) is 2.12. The van der Waals surface area contributed by atoms with Crippen molar-refractivity contribution >= 4 is 10.9 Å². The normalized spacial score (nSPS) is 10.6. The van der Waals surface area contributed by atoms with Crippen molar-refractivity contribution in [2.45, 2.75) is 20.3 Å². The molecule has 0 fully saturated rings. The molecule has 2 nitrogen and oxygen atoms in total. The summed E-state index contributed by atoms with van der Waals surface area (Å²) in [5.41, 5.74) is 3.29. The summed E-state index contributed by atoms with van der Waals surface area (Å²) in [5.74, 6) is 0. The molecule has 2 heteroatoms. The van der Waals surface area contributed by atoms with E-state index in [1.165, 1.54) is 10.9 Å². The molecule has 0 aliphatic carbocycles. The van der Waals surface area contributed by atoms with Gasteiger partial charge in [0.25, 0.3) is 0 Å². The molecule has 0 N–H and O–H groups in total. The highest BCUT2D eigenvalue weighted by molar-refractivity contribution is 5.78. The van der Waals surface area contributed by atoms with E-state index in [0.29, 0.717) is 0 Å². The molecule has 0 aliphatic heterocycles. The Hall–Kier alpha value is -1.44. The van der Waals surface area contributed by atoms with Crippen LogP contribution in [0.5, 0.6) is 0 Å². The first-order chi connectivity index (χ1) is 6.29. The summed E-state index contributed by atoms with van der Waals surface area (Å²) in [4.78, 5) is 8.59. The largest absolute Gasteiger partial charge is 0.259 e. The summed E-state index contributed by atoms with van der Waals surface area (Å²) < 4.78 is 0. The van der Waals surface area contributed by atoms with Crippen molar-refractivity contribution in [1.82, 2.24) is 9.97 Å². The summed E-state index contributed by atoms with van der Waals surface area (Å²) >= 11 is 0. The van der Waals surface area contributed by atoms with Crippen LogP contribution in [0, 0.1) is 6.92 Å². The molecule has 0 amide bonds. The van der Waals surface area contributed by atoms with E-state index in [-0.39, 0.29) is 0 Å². The van der Waals surface area contributed by atoms with Crippen molar-refractivity contribution in [2.24, 2.45) is 0 Å². The van der Waals surface area contributed by atoms with E-state index in [2.05, 4.69) is 35.9 Å². The molecular weight excluding hydrogens is 160 g/mol. The highest BCUT2D eigenvalue weighted by Gasteiger charge is 1.97. The van der Waals surface area contributed by atoms with E-state index < -0.39 is 0 Å². The Morgan fingerprint density at radius 1 is 1.15 bits per heavy atom. The SMILES string of the molecule is CCc1cc2cc(C)cnc2cn1. The van der Waals surface area contributed by atoms with E-state index >= 15 is 0 Å². The van der Waals surface area contributed by atoms with Crippen LogP contribution in [0.25, 0.3) is 10.9 Å². The Morgan fingerprint density at radius 3 is 2.77 bits per heavy atom. The Kier molecular flexibility index (Phi) is 1.97. The predicted octanol–water partition coefficient (Wildman–Crippen LogP) is 2.50. The molecule has 13 heavy (non-hydrogen) atoms. The van der Waals surface area contributed by atoms with E-state index in [1.54, 1.807) is 0 Å². The molecule has 2 heterocycles. The van der Waals surface area contributed by atoms with Gasteiger partial charge in [0.2, 0.25) is 0 Å². The van der Waals surface area contributed by atoms with Crippen molar-refractivity contribution in [3.8, 4) is 0 Å². The van der Waals surface area contributed by atoms with Crippen LogP contribution < -0.4 is 0 Å². The third-order valence-corrected chi connectivity index (χ3v) is 2.12. The maximum Gasteiger partial charge on any atom is 0.0885 e. The zero-order valence-corrected chi connectivity index (χ0v) is 7.91. The minimum atomic E-state index is 0.975. The van der Waals surface area contributed by atoms with Crippen LogP contribution in [0.1, 0.15) is 18.2 Å². The van der Waals surface area contributed by atoms with Crippen molar-refractivity contribution in [2.75, 3.05) is 0 Å². The summed E-state index contributed by atoms with van der Waals surface area (Å²) in [7, 11) is 0. The van der Waals surface area contributed by atoms with Crippen LogP contribution >= 0.6 is 0 Å². The molecule has 0 unspecified atom stereocenters. The molecular formula is C11H12N2. The number of fused-ring (bicyclic) bond motifs is 1. The number of nitrogens with zero attached hydrogens (tertiary/aromatic N) is 2. The topological polar surface area (TPSA) is 25.8 Å². The van der Waals surface area contributed by atoms with Gasteiger partial charge in [-0.1, -0.05) is 6.92 Å². The molecule has 0 aromatic carbocycles. The minimum absolute atomic E-state index is 0.975. The zero-order chi connectivity index (χ0) is 9.26. The molecule has 0 bridgehead atoms. The lowest BCUT2D eigenvalue weighted by Gasteiger charge is -2.00. The zero-order valence-electron chi connectivity index (χ0n) is 7.91. The van der Waals surface area contributed by atoms with Gasteiger partial charge >= 0.3 is 0 Å². The number of aromatic nitrogens is 2. The fourth-order valence-electron chi connectivity index (χ4n) is 1.38. The Morgan fingerprint density at radius 2 is 2.00 bits per heavy atom. The molecule has 0 saturated heterocycles. The van der Waals surface area contributed by atoms with Crippen LogP contribution in [-0.4, -0.2) is 9.97 Å².